The summed E-state index contributed by atoms with van der Waals surface area (Å²) in [6.07, 6.45) is 1.73. The van der Waals surface area contributed by atoms with Crippen LogP contribution in [0.25, 0.3) is 5.57 Å². The molecule has 1 heterocycles. The largest absolute Gasteiger partial charge is 0.441 e. The van der Waals surface area contributed by atoms with Crippen LogP contribution in [0.15, 0.2) is 17.2 Å². The van der Waals surface area contributed by atoms with Gasteiger partial charge >= 0.3 is 0 Å². The van der Waals surface area contributed by atoms with Gasteiger partial charge in [0.2, 0.25) is 0 Å². The van der Waals surface area contributed by atoms with Crippen molar-refractivity contribution in [1.82, 2.24) is 4.98 Å². The number of hydrogen-bond donors (Lipinski definition) is 0. The third kappa shape index (κ3) is 1.76. The highest BCUT2D eigenvalue weighted by Crippen LogP contribution is 2.23. The lowest BCUT2D eigenvalue weighted by Crippen LogP contribution is -2.10. The molecule has 0 fully saturated rings. The summed E-state index contributed by atoms with van der Waals surface area (Å²) in [6.45, 7) is 11.9. The van der Waals surface area contributed by atoms with E-state index in [0.29, 0.717) is 0 Å². The zero-order valence-corrected chi connectivity index (χ0v) is 8.14. The molecule has 2 heteroatoms. The average molecular weight is 165 g/mol. The summed E-state index contributed by atoms with van der Waals surface area (Å²) >= 11 is 0. The monoisotopic (exact) mass is 165 g/mol. The van der Waals surface area contributed by atoms with E-state index in [0.717, 1.165) is 17.2 Å². The molecule has 0 spiro atoms. The molecule has 0 amide bonds. The number of oxazole rings is 1. The number of allylic oxidation sites excluding steroid dienone is 1. The lowest BCUT2D eigenvalue weighted by molar-refractivity contribution is 0.387. The number of aromatic nitrogens is 1. The Balaban J connectivity index is 3.00. The van der Waals surface area contributed by atoms with Gasteiger partial charge in [-0.3, -0.25) is 0 Å². The molecule has 66 valence electrons. The standard InChI is InChI=1S/C10H15NO/c1-7(2)8-6-11-9(12-8)10(3,4)5/h6H,1H2,2-5H3. The van der Waals surface area contributed by atoms with Crippen LogP contribution < -0.4 is 0 Å². The normalized spacial score (nSPS) is 11.7. The molecule has 0 saturated heterocycles. The smallest absolute Gasteiger partial charge is 0.200 e. The molecular formula is C10H15NO. The maximum Gasteiger partial charge on any atom is 0.200 e. The first-order chi connectivity index (χ1) is 5.41. The van der Waals surface area contributed by atoms with Gasteiger partial charge in [-0.1, -0.05) is 27.4 Å². The van der Waals surface area contributed by atoms with Gasteiger partial charge in [0.1, 0.15) is 5.76 Å². The first kappa shape index (κ1) is 9.04. The van der Waals surface area contributed by atoms with Crippen LogP contribution in [0.2, 0.25) is 0 Å². The topological polar surface area (TPSA) is 26.0 Å². The minimum Gasteiger partial charge on any atom is -0.441 e. The zero-order chi connectivity index (χ0) is 9.35. The average Bonchev–Trinajstić information content (AvgIpc) is 2.30. The second-order valence-corrected chi connectivity index (χ2v) is 4.06. The summed E-state index contributed by atoms with van der Waals surface area (Å²) in [6, 6.07) is 0. The van der Waals surface area contributed by atoms with Crippen molar-refractivity contribution in [2.45, 2.75) is 33.1 Å². The molecule has 0 atom stereocenters. The van der Waals surface area contributed by atoms with Crippen LogP contribution in [-0.2, 0) is 5.41 Å². The van der Waals surface area contributed by atoms with E-state index >= 15 is 0 Å². The van der Waals surface area contributed by atoms with Crippen LogP contribution in [0.1, 0.15) is 39.3 Å². The number of nitrogens with zero attached hydrogens (tertiary/aromatic N) is 1. The highest BCUT2D eigenvalue weighted by Gasteiger charge is 2.19. The summed E-state index contributed by atoms with van der Waals surface area (Å²) in [5.41, 5.74) is 0.895. The van der Waals surface area contributed by atoms with E-state index in [-0.39, 0.29) is 5.41 Å². The van der Waals surface area contributed by atoms with E-state index in [9.17, 15) is 0 Å². The second-order valence-electron chi connectivity index (χ2n) is 4.06. The Hall–Kier alpha value is -1.05. The van der Waals surface area contributed by atoms with Crippen LogP contribution in [0.5, 0.6) is 0 Å². The van der Waals surface area contributed by atoms with Gasteiger partial charge in [-0.05, 0) is 12.5 Å². The van der Waals surface area contributed by atoms with Gasteiger partial charge in [0.15, 0.2) is 5.89 Å². The Morgan fingerprint density at radius 3 is 2.33 bits per heavy atom. The predicted molar refractivity (Wildman–Crippen MR) is 49.9 cm³/mol. The van der Waals surface area contributed by atoms with Gasteiger partial charge in [-0.25, -0.2) is 4.98 Å². The van der Waals surface area contributed by atoms with E-state index in [4.69, 9.17) is 4.42 Å². The van der Waals surface area contributed by atoms with Crippen molar-refractivity contribution in [3.05, 3.63) is 24.4 Å². The van der Waals surface area contributed by atoms with Crippen molar-refractivity contribution in [1.29, 1.82) is 0 Å². The quantitative estimate of drug-likeness (QED) is 0.639. The maximum absolute atomic E-state index is 5.50. The van der Waals surface area contributed by atoms with Crippen molar-refractivity contribution >= 4 is 5.57 Å². The van der Waals surface area contributed by atoms with Gasteiger partial charge in [-0.2, -0.15) is 0 Å². The molecule has 2 nitrogen and oxygen atoms in total. The van der Waals surface area contributed by atoms with E-state index in [1.54, 1.807) is 6.20 Å². The van der Waals surface area contributed by atoms with Gasteiger partial charge in [0, 0.05) is 5.41 Å². The molecule has 0 saturated carbocycles. The van der Waals surface area contributed by atoms with Crippen LogP contribution in [0.3, 0.4) is 0 Å². The second kappa shape index (κ2) is 2.77. The molecule has 0 N–H and O–H groups in total. The van der Waals surface area contributed by atoms with E-state index in [1.165, 1.54) is 0 Å². The first-order valence-corrected chi connectivity index (χ1v) is 4.03. The van der Waals surface area contributed by atoms with Crippen LogP contribution in [-0.4, -0.2) is 4.98 Å². The Kier molecular flexibility index (Phi) is 2.09. The number of hydrogen-bond acceptors (Lipinski definition) is 2. The Labute approximate surface area is 73.3 Å². The Bertz CT molecular complexity index is 291. The van der Waals surface area contributed by atoms with Gasteiger partial charge in [0.25, 0.3) is 0 Å². The summed E-state index contributed by atoms with van der Waals surface area (Å²) in [7, 11) is 0. The molecule has 0 aliphatic heterocycles. The molecule has 0 aliphatic rings. The Morgan fingerprint density at radius 2 is 2.08 bits per heavy atom. The zero-order valence-electron chi connectivity index (χ0n) is 8.14. The minimum absolute atomic E-state index is 0.0201. The molecule has 12 heavy (non-hydrogen) atoms. The molecule has 0 bridgehead atoms. The molecule has 0 aromatic carbocycles. The molecule has 0 radical (unpaired) electrons. The predicted octanol–water partition coefficient (Wildman–Crippen LogP) is 3.01. The lowest BCUT2D eigenvalue weighted by Gasteiger charge is -2.12. The highest BCUT2D eigenvalue weighted by atomic mass is 16.4. The fraction of sp³-hybridized carbons (Fsp3) is 0.500. The van der Waals surface area contributed by atoms with Crippen molar-refractivity contribution in [3.8, 4) is 0 Å². The summed E-state index contributed by atoms with van der Waals surface area (Å²) in [4.78, 5) is 4.18. The highest BCUT2D eigenvalue weighted by molar-refractivity contribution is 5.55. The lowest BCUT2D eigenvalue weighted by atomic mass is 9.97. The third-order valence-corrected chi connectivity index (χ3v) is 1.57. The fourth-order valence-electron chi connectivity index (χ4n) is 0.818. The van der Waals surface area contributed by atoms with Crippen molar-refractivity contribution < 1.29 is 4.42 Å². The Morgan fingerprint density at radius 1 is 1.50 bits per heavy atom. The van der Waals surface area contributed by atoms with Crippen molar-refractivity contribution in [3.63, 3.8) is 0 Å². The molecule has 1 rings (SSSR count). The SMILES string of the molecule is C=C(C)c1cnc(C(C)(C)C)o1. The van der Waals surface area contributed by atoms with Gasteiger partial charge in [-0.15, -0.1) is 0 Å². The molecular weight excluding hydrogens is 150 g/mol. The van der Waals surface area contributed by atoms with E-state index in [1.807, 2.05) is 6.92 Å². The fourth-order valence-corrected chi connectivity index (χ4v) is 0.818. The van der Waals surface area contributed by atoms with Crippen LogP contribution in [0, 0.1) is 0 Å². The van der Waals surface area contributed by atoms with Crippen molar-refractivity contribution in [2.75, 3.05) is 0 Å². The van der Waals surface area contributed by atoms with Crippen LogP contribution in [0.4, 0.5) is 0 Å². The molecule has 0 unspecified atom stereocenters. The van der Waals surface area contributed by atoms with Crippen molar-refractivity contribution in [2.24, 2.45) is 0 Å². The summed E-state index contributed by atoms with van der Waals surface area (Å²) in [5.74, 6) is 1.54. The summed E-state index contributed by atoms with van der Waals surface area (Å²) < 4.78 is 5.50. The van der Waals surface area contributed by atoms with Gasteiger partial charge in [0.05, 0.1) is 6.20 Å². The van der Waals surface area contributed by atoms with Crippen LogP contribution >= 0.6 is 0 Å². The third-order valence-electron chi connectivity index (χ3n) is 1.57. The number of rotatable bonds is 1. The van der Waals surface area contributed by atoms with E-state index in [2.05, 4.69) is 32.3 Å². The summed E-state index contributed by atoms with van der Waals surface area (Å²) in [5, 5.41) is 0. The molecule has 1 aromatic rings. The van der Waals surface area contributed by atoms with Gasteiger partial charge < -0.3 is 4.42 Å². The minimum atomic E-state index is -0.0201. The first-order valence-electron chi connectivity index (χ1n) is 4.03. The maximum atomic E-state index is 5.50. The molecule has 0 aliphatic carbocycles. The molecule has 1 aromatic heterocycles. The van der Waals surface area contributed by atoms with E-state index < -0.39 is 0 Å².